The molecule has 0 aliphatic carbocycles. The molecule has 104 valence electrons. The largest absolute Gasteiger partial charge is 0.352 e. The fourth-order valence-corrected chi connectivity index (χ4v) is 1.58. The van der Waals surface area contributed by atoms with Crippen LogP contribution in [-0.2, 0) is 10.2 Å². The molecule has 19 heavy (non-hydrogen) atoms. The number of nitrogens with two attached hydrogens (primary N) is 1. The maximum Gasteiger partial charge on any atom is 0.312 e. The maximum atomic E-state index is 11.7. The van der Waals surface area contributed by atoms with Gasteiger partial charge in [-0.25, -0.2) is 4.79 Å². The van der Waals surface area contributed by atoms with Crippen LogP contribution in [-0.4, -0.2) is 18.0 Å². The summed E-state index contributed by atoms with van der Waals surface area (Å²) >= 11 is 0. The zero-order valence-electron chi connectivity index (χ0n) is 11.8. The number of hydrogen-bond acceptors (Lipinski definition) is 2. The standard InChI is InChI=1S/C14H21N3O2/c1-9(16-13(15)19)12(18)17-11-7-5-10(6-8-11)14(2,3)4/h5-9H,1-4H3,(H,17,18)(H3,15,16,19)/t9-/m0/s1. The number of urea groups is 1. The van der Waals surface area contributed by atoms with Gasteiger partial charge in [0.05, 0.1) is 0 Å². The van der Waals surface area contributed by atoms with Crippen molar-refractivity contribution in [3.8, 4) is 0 Å². The predicted molar refractivity (Wildman–Crippen MR) is 76.0 cm³/mol. The Morgan fingerprint density at radius 3 is 2.11 bits per heavy atom. The van der Waals surface area contributed by atoms with E-state index < -0.39 is 12.1 Å². The van der Waals surface area contributed by atoms with Crippen molar-refractivity contribution >= 4 is 17.6 Å². The van der Waals surface area contributed by atoms with E-state index in [2.05, 4.69) is 31.4 Å². The molecule has 0 unspecified atom stereocenters. The lowest BCUT2D eigenvalue weighted by Gasteiger charge is -2.19. The highest BCUT2D eigenvalue weighted by Crippen LogP contribution is 2.23. The van der Waals surface area contributed by atoms with Gasteiger partial charge in [0, 0.05) is 5.69 Å². The predicted octanol–water partition coefficient (Wildman–Crippen LogP) is 1.98. The Hall–Kier alpha value is -2.04. The van der Waals surface area contributed by atoms with Gasteiger partial charge in [0.25, 0.3) is 0 Å². The second-order valence-corrected chi connectivity index (χ2v) is 5.55. The van der Waals surface area contributed by atoms with Crippen LogP contribution >= 0.6 is 0 Å². The van der Waals surface area contributed by atoms with Gasteiger partial charge in [-0.1, -0.05) is 32.9 Å². The van der Waals surface area contributed by atoms with Gasteiger partial charge in [0.15, 0.2) is 0 Å². The summed E-state index contributed by atoms with van der Waals surface area (Å²) in [6.45, 7) is 7.95. The van der Waals surface area contributed by atoms with Gasteiger partial charge in [-0.2, -0.15) is 0 Å². The van der Waals surface area contributed by atoms with Crippen molar-refractivity contribution in [1.82, 2.24) is 5.32 Å². The fraction of sp³-hybridized carbons (Fsp3) is 0.429. The van der Waals surface area contributed by atoms with Gasteiger partial charge >= 0.3 is 6.03 Å². The molecule has 5 nitrogen and oxygen atoms in total. The third-order valence-electron chi connectivity index (χ3n) is 2.77. The molecule has 0 fully saturated rings. The Bertz CT molecular complexity index is 461. The summed E-state index contributed by atoms with van der Waals surface area (Å²) in [4.78, 5) is 22.4. The smallest absolute Gasteiger partial charge is 0.312 e. The Kier molecular flexibility index (Phi) is 4.53. The molecule has 4 N–H and O–H groups in total. The molecule has 1 atom stereocenters. The molecule has 1 aromatic rings. The Balaban J connectivity index is 2.68. The first-order chi connectivity index (χ1) is 8.70. The minimum Gasteiger partial charge on any atom is -0.352 e. The molecule has 0 radical (unpaired) electrons. The van der Waals surface area contributed by atoms with Crippen molar-refractivity contribution in [2.75, 3.05) is 5.32 Å². The first-order valence-electron chi connectivity index (χ1n) is 6.17. The van der Waals surface area contributed by atoms with Gasteiger partial charge in [-0.3, -0.25) is 4.79 Å². The van der Waals surface area contributed by atoms with E-state index in [0.29, 0.717) is 5.69 Å². The summed E-state index contributed by atoms with van der Waals surface area (Å²) < 4.78 is 0. The summed E-state index contributed by atoms with van der Waals surface area (Å²) in [5.74, 6) is -0.303. The number of benzene rings is 1. The van der Waals surface area contributed by atoms with Crippen molar-refractivity contribution in [2.45, 2.75) is 39.2 Å². The molecular weight excluding hydrogens is 242 g/mol. The second-order valence-electron chi connectivity index (χ2n) is 5.55. The van der Waals surface area contributed by atoms with Crippen molar-refractivity contribution in [2.24, 2.45) is 5.73 Å². The molecule has 0 aliphatic rings. The summed E-state index contributed by atoms with van der Waals surface area (Å²) in [6, 6.07) is 6.25. The third-order valence-corrected chi connectivity index (χ3v) is 2.77. The van der Waals surface area contributed by atoms with E-state index in [1.807, 2.05) is 24.3 Å². The van der Waals surface area contributed by atoms with E-state index in [9.17, 15) is 9.59 Å². The maximum absolute atomic E-state index is 11.7. The van der Waals surface area contributed by atoms with Crippen LogP contribution in [0.15, 0.2) is 24.3 Å². The average Bonchev–Trinajstić information content (AvgIpc) is 2.27. The lowest BCUT2D eigenvalue weighted by Crippen LogP contribution is -2.44. The molecule has 0 saturated carbocycles. The zero-order valence-corrected chi connectivity index (χ0v) is 11.8. The van der Waals surface area contributed by atoms with E-state index >= 15 is 0 Å². The minimum absolute atomic E-state index is 0.0728. The lowest BCUT2D eigenvalue weighted by atomic mass is 9.87. The van der Waals surface area contributed by atoms with Gasteiger partial charge in [-0.15, -0.1) is 0 Å². The molecule has 0 saturated heterocycles. The number of carbonyl (C=O) groups is 2. The van der Waals surface area contributed by atoms with E-state index in [4.69, 9.17) is 5.73 Å². The Morgan fingerprint density at radius 1 is 1.16 bits per heavy atom. The van der Waals surface area contributed by atoms with Crippen LogP contribution in [0.25, 0.3) is 0 Å². The van der Waals surface area contributed by atoms with E-state index in [1.54, 1.807) is 6.92 Å². The first-order valence-corrected chi connectivity index (χ1v) is 6.17. The molecule has 1 aromatic carbocycles. The van der Waals surface area contributed by atoms with Crippen LogP contribution in [0.1, 0.15) is 33.3 Å². The number of anilines is 1. The molecule has 1 rings (SSSR count). The van der Waals surface area contributed by atoms with Crippen molar-refractivity contribution < 1.29 is 9.59 Å². The lowest BCUT2D eigenvalue weighted by molar-refractivity contribution is -0.117. The summed E-state index contributed by atoms with van der Waals surface area (Å²) in [5, 5.41) is 5.04. The van der Waals surface area contributed by atoms with E-state index in [1.165, 1.54) is 5.56 Å². The third kappa shape index (κ3) is 4.62. The van der Waals surface area contributed by atoms with Crippen LogP contribution in [0.4, 0.5) is 10.5 Å². The molecule has 0 spiro atoms. The highest BCUT2D eigenvalue weighted by Gasteiger charge is 2.15. The number of nitrogens with one attached hydrogen (secondary N) is 2. The molecule has 0 heterocycles. The SMILES string of the molecule is C[C@H](NC(N)=O)C(=O)Nc1ccc(C(C)(C)C)cc1. The number of rotatable bonds is 3. The fourth-order valence-electron chi connectivity index (χ4n) is 1.58. The molecule has 0 aromatic heterocycles. The molecule has 3 amide bonds. The summed E-state index contributed by atoms with van der Waals surface area (Å²) in [6.07, 6.45) is 0. The topological polar surface area (TPSA) is 84.2 Å². The molecular formula is C14H21N3O2. The molecule has 5 heteroatoms. The van der Waals surface area contributed by atoms with Crippen LogP contribution in [0.3, 0.4) is 0 Å². The molecule has 0 aliphatic heterocycles. The summed E-state index contributed by atoms with van der Waals surface area (Å²) in [7, 11) is 0. The highest BCUT2D eigenvalue weighted by atomic mass is 16.2. The van der Waals surface area contributed by atoms with Crippen molar-refractivity contribution in [3.63, 3.8) is 0 Å². The summed E-state index contributed by atoms with van der Waals surface area (Å²) in [5.41, 5.74) is 6.91. The monoisotopic (exact) mass is 263 g/mol. The number of primary amides is 1. The Morgan fingerprint density at radius 2 is 1.68 bits per heavy atom. The minimum atomic E-state index is -0.717. The van der Waals surface area contributed by atoms with Gasteiger partial charge in [0.1, 0.15) is 6.04 Å². The normalized spacial score (nSPS) is 12.6. The second kappa shape index (κ2) is 5.73. The van der Waals surface area contributed by atoms with Crippen molar-refractivity contribution in [3.05, 3.63) is 29.8 Å². The highest BCUT2D eigenvalue weighted by molar-refractivity contribution is 5.96. The van der Waals surface area contributed by atoms with Crippen LogP contribution in [0.2, 0.25) is 0 Å². The first kappa shape index (κ1) is 15.0. The van der Waals surface area contributed by atoms with Crippen molar-refractivity contribution in [1.29, 1.82) is 0 Å². The van der Waals surface area contributed by atoms with Crippen LogP contribution < -0.4 is 16.4 Å². The van der Waals surface area contributed by atoms with Gasteiger partial charge in [-0.05, 0) is 30.0 Å². The number of amides is 3. The average molecular weight is 263 g/mol. The Labute approximate surface area is 113 Å². The zero-order chi connectivity index (χ0) is 14.6. The van der Waals surface area contributed by atoms with E-state index in [0.717, 1.165) is 0 Å². The quantitative estimate of drug-likeness (QED) is 0.779. The van der Waals surface area contributed by atoms with Gasteiger partial charge < -0.3 is 16.4 Å². The van der Waals surface area contributed by atoms with Gasteiger partial charge in [0.2, 0.25) is 5.91 Å². The van der Waals surface area contributed by atoms with Crippen LogP contribution in [0.5, 0.6) is 0 Å². The van der Waals surface area contributed by atoms with E-state index in [-0.39, 0.29) is 11.3 Å². The molecule has 0 bridgehead atoms. The number of carbonyl (C=O) groups excluding carboxylic acids is 2. The number of hydrogen-bond donors (Lipinski definition) is 3. The van der Waals surface area contributed by atoms with Crippen LogP contribution in [0, 0.1) is 0 Å².